The second-order valence-corrected chi connectivity index (χ2v) is 5.20. The van der Waals surface area contributed by atoms with E-state index in [0.717, 1.165) is 6.29 Å². The predicted octanol–water partition coefficient (Wildman–Crippen LogP) is 4.27. The summed E-state index contributed by atoms with van der Waals surface area (Å²) in [5.74, 6) is 1.08. The van der Waals surface area contributed by atoms with Crippen molar-refractivity contribution < 1.29 is 23.1 Å². The van der Waals surface area contributed by atoms with Crippen molar-refractivity contribution in [2.75, 3.05) is 6.61 Å². The molecule has 25 heavy (non-hydrogen) atoms. The van der Waals surface area contributed by atoms with Gasteiger partial charge in [0.1, 0.15) is 30.7 Å². The van der Waals surface area contributed by atoms with Crippen LogP contribution >= 0.6 is 0 Å². The van der Waals surface area contributed by atoms with Gasteiger partial charge in [-0.1, -0.05) is 0 Å². The lowest BCUT2D eigenvalue weighted by Crippen LogP contribution is -2.00. The van der Waals surface area contributed by atoms with Crippen molar-refractivity contribution in [3.63, 3.8) is 0 Å². The second kappa shape index (κ2) is 7.61. The molecule has 0 aliphatic carbocycles. The molecule has 0 spiro atoms. The summed E-state index contributed by atoms with van der Waals surface area (Å²) >= 11 is 0. The van der Waals surface area contributed by atoms with E-state index < -0.39 is 0 Å². The standard InChI is InChI=1S/C19H16FNO4/c1-2-23-18-9-13(10-22)3-8-17(18)24-11-16-12-25-19(21-16)14-4-6-15(20)7-5-14/h3-10,12H,2,11H2,1H3. The molecule has 0 unspecified atom stereocenters. The van der Waals surface area contributed by atoms with Gasteiger partial charge in [-0.25, -0.2) is 9.37 Å². The lowest BCUT2D eigenvalue weighted by Gasteiger charge is -2.11. The van der Waals surface area contributed by atoms with Crippen LogP contribution in [0, 0.1) is 5.82 Å². The van der Waals surface area contributed by atoms with E-state index in [2.05, 4.69) is 4.98 Å². The Labute approximate surface area is 144 Å². The van der Waals surface area contributed by atoms with Gasteiger partial charge >= 0.3 is 0 Å². The van der Waals surface area contributed by atoms with Crippen LogP contribution in [0.25, 0.3) is 11.5 Å². The number of ether oxygens (including phenoxy) is 2. The molecule has 0 saturated heterocycles. The Morgan fingerprint density at radius 1 is 1.12 bits per heavy atom. The first-order valence-corrected chi connectivity index (χ1v) is 7.74. The number of carbonyl (C=O) groups is 1. The summed E-state index contributed by atoms with van der Waals surface area (Å²) in [7, 11) is 0. The molecule has 5 nitrogen and oxygen atoms in total. The fourth-order valence-electron chi connectivity index (χ4n) is 2.24. The zero-order chi connectivity index (χ0) is 17.6. The summed E-state index contributed by atoms with van der Waals surface area (Å²) in [5, 5.41) is 0. The average Bonchev–Trinajstić information content (AvgIpc) is 3.10. The summed E-state index contributed by atoms with van der Waals surface area (Å²) in [6, 6.07) is 10.8. The van der Waals surface area contributed by atoms with E-state index in [9.17, 15) is 9.18 Å². The van der Waals surface area contributed by atoms with Crippen LogP contribution in [0.15, 0.2) is 53.1 Å². The van der Waals surface area contributed by atoms with Gasteiger partial charge in [0.15, 0.2) is 11.5 Å². The Morgan fingerprint density at radius 3 is 2.64 bits per heavy atom. The van der Waals surface area contributed by atoms with Gasteiger partial charge in [0, 0.05) is 11.1 Å². The molecule has 0 N–H and O–H groups in total. The van der Waals surface area contributed by atoms with Crippen LogP contribution in [0.5, 0.6) is 11.5 Å². The van der Waals surface area contributed by atoms with Gasteiger partial charge < -0.3 is 13.9 Å². The lowest BCUT2D eigenvalue weighted by atomic mass is 10.2. The molecule has 0 fully saturated rings. The Morgan fingerprint density at radius 2 is 1.92 bits per heavy atom. The Hall–Kier alpha value is -3.15. The Balaban J connectivity index is 1.72. The van der Waals surface area contributed by atoms with Crippen LogP contribution in [-0.2, 0) is 6.61 Å². The van der Waals surface area contributed by atoms with E-state index in [1.165, 1.54) is 18.4 Å². The van der Waals surface area contributed by atoms with E-state index in [1.807, 2.05) is 6.92 Å². The number of benzene rings is 2. The maximum atomic E-state index is 13.0. The van der Waals surface area contributed by atoms with Crippen LogP contribution < -0.4 is 9.47 Å². The van der Waals surface area contributed by atoms with Crippen molar-refractivity contribution in [3.8, 4) is 23.0 Å². The van der Waals surface area contributed by atoms with E-state index in [-0.39, 0.29) is 12.4 Å². The van der Waals surface area contributed by atoms with Crippen molar-refractivity contribution in [3.05, 3.63) is 65.8 Å². The number of nitrogens with zero attached hydrogens (tertiary/aromatic N) is 1. The highest BCUT2D eigenvalue weighted by Gasteiger charge is 2.10. The van der Waals surface area contributed by atoms with Crippen LogP contribution in [-0.4, -0.2) is 17.9 Å². The van der Waals surface area contributed by atoms with Crippen LogP contribution in [0.4, 0.5) is 4.39 Å². The summed E-state index contributed by atoms with van der Waals surface area (Å²) in [4.78, 5) is 15.2. The normalized spacial score (nSPS) is 10.5. The molecule has 0 bridgehead atoms. The molecule has 3 rings (SSSR count). The monoisotopic (exact) mass is 341 g/mol. The number of halogens is 1. The maximum absolute atomic E-state index is 13.0. The smallest absolute Gasteiger partial charge is 0.226 e. The van der Waals surface area contributed by atoms with E-state index in [4.69, 9.17) is 13.9 Å². The second-order valence-electron chi connectivity index (χ2n) is 5.20. The average molecular weight is 341 g/mol. The third-order valence-electron chi connectivity index (χ3n) is 3.42. The maximum Gasteiger partial charge on any atom is 0.226 e. The van der Waals surface area contributed by atoms with Gasteiger partial charge in [-0.2, -0.15) is 0 Å². The van der Waals surface area contributed by atoms with Crippen molar-refractivity contribution in [1.29, 1.82) is 0 Å². The number of hydrogen-bond donors (Lipinski definition) is 0. The number of carbonyl (C=O) groups excluding carboxylic acids is 1. The number of aromatic nitrogens is 1. The molecular formula is C19H16FNO4. The number of hydrogen-bond acceptors (Lipinski definition) is 5. The van der Waals surface area contributed by atoms with Crippen LogP contribution in [0.1, 0.15) is 23.0 Å². The Bertz CT molecular complexity index is 858. The summed E-state index contributed by atoms with van der Waals surface area (Å²) in [5.41, 5.74) is 1.77. The molecule has 1 heterocycles. The fraction of sp³-hybridized carbons (Fsp3) is 0.158. The SMILES string of the molecule is CCOc1cc(C=O)ccc1OCc1coc(-c2ccc(F)cc2)n1. The minimum absolute atomic E-state index is 0.172. The van der Waals surface area contributed by atoms with Gasteiger partial charge in [-0.15, -0.1) is 0 Å². The van der Waals surface area contributed by atoms with Crippen molar-refractivity contribution in [1.82, 2.24) is 4.98 Å². The predicted molar refractivity (Wildman–Crippen MR) is 89.2 cm³/mol. The lowest BCUT2D eigenvalue weighted by molar-refractivity contribution is 0.112. The summed E-state index contributed by atoms with van der Waals surface area (Å²) < 4.78 is 29.6. The first-order valence-electron chi connectivity index (χ1n) is 7.74. The van der Waals surface area contributed by atoms with Gasteiger partial charge in [0.2, 0.25) is 5.89 Å². The molecule has 0 aliphatic rings. The number of aldehydes is 1. The van der Waals surface area contributed by atoms with Crippen LogP contribution in [0.2, 0.25) is 0 Å². The zero-order valence-corrected chi connectivity index (χ0v) is 13.6. The highest BCUT2D eigenvalue weighted by atomic mass is 19.1. The van der Waals surface area contributed by atoms with E-state index in [0.29, 0.717) is 40.8 Å². The van der Waals surface area contributed by atoms with Crippen LogP contribution in [0.3, 0.4) is 0 Å². The molecule has 3 aromatic rings. The van der Waals surface area contributed by atoms with Crippen molar-refractivity contribution in [2.24, 2.45) is 0 Å². The molecular weight excluding hydrogens is 325 g/mol. The first kappa shape index (κ1) is 16.7. The zero-order valence-electron chi connectivity index (χ0n) is 13.6. The van der Waals surface area contributed by atoms with E-state index in [1.54, 1.807) is 30.3 Å². The largest absolute Gasteiger partial charge is 0.490 e. The molecule has 1 aromatic heterocycles. The first-order chi connectivity index (χ1) is 12.2. The van der Waals surface area contributed by atoms with Gasteiger partial charge in [0.25, 0.3) is 0 Å². The van der Waals surface area contributed by atoms with Gasteiger partial charge in [-0.05, 0) is 49.4 Å². The quantitative estimate of drug-likeness (QED) is 0.601. The minimum atomic E-state index is -0.318. The molecule has 128 valence electrons. The minimum Gasteiger partial charge on any atom is -0.490 e. The molecule has 0 amide bonds. The van der Waals surface area contributed by atoms with Crippen molar-refractivity contribution >= 4 is 6.29 Å². The fourth-order valence-corrected chi connectivity index (χ4v) is 2.24. The molecule has 2 aromatic carbocycles. The van der Waals surface area contributed by atoms with Gasteiger partial charge in [-0.3, -0.25) is 4.79 Å². The molecule has 0 radical (unpaired) electrons. The molecule has 0 aliphatic heterocycles. The number of oxazole rings is 1. The highest BCUT2D eigenvalue weighted by molar-refractivity contribution is 5.76. The van der Waals surface area contributed by atoms with E-state index >= 15 is 0 Å². The molecule has 6 heteroatoms. The van der Waals surface area contributed by atoms with Gasteiger partial charge in [0.05, 0.1) is 6.61 Å². The Kier molecular flexibility index (Phi) is 5.09. The topological polar surface area (TPSA) is 61.6 Å². The van der Waals surface area contributed by atoms with Crippen molar-refractivity contribution in [2.45, 2.75) is 13.5 Å². The summed E-state index contributed by atoms with van der Waals surface area (Å²) in [6.45, 7) is 2.48. The third-order valence-corrected chi connectivity index (χ3v) is 3.42. The third kappa shape index (κ3) is 4.03. The molecule has 0 saturated carbocycles. The molecule has 0 atom stereocenters. The highest BCUT2D eigenvalue weighted by Crippen LogP contribution is 2.29. The summed E-state index contributed by atoms with van der Waals surface area (Å²) in [6.07, 6.45) is 2.23. The number of rotatable bonds is 7.